The average molecular weight is 315 g/mol. The molecule has 0 saturated carbocycles. The molecule has 4 nitrogen and oxygen atoms in total. The molecule has 0 fully saturated rings. The van der Waals surface area contributed by atoms with E-state index < -0.39 is 17.8 Å². The van der Waals surface area contributed by atoms with Gasteiger partial charge in [0.2, 0.25) is 0 Å². The summed E-state index contributed by atoms with van der Waals surface area (Å²) in [7, 11) is 0. The highest BCUT2D eigenvalue weighted by molar-refractivity contribution is 6.31. The fourth-order valence-corrected chi connectivity index (χ4v) is 1.81. The zero-order valence-corrected chi connectivity index (χ0v) is 12.6. The van der Waals surface area contributed by atoms with E-state index in [1.54, 1.807) is 13.8 Å². The SMILES string of the molecule is CCOC(=O)C(=CCc1ccc(F)cc1Cl)C(=O)OCC. The van der Waals surface area contributed by atoms with Gasteiger partial charge in [0.15, 0.2) is 0 Å². The Bertz CT molecular complexity index is 535. The van der Waals surface area contributed by atoms with Crippen molar-refractivity contribution in [2.24, 2.45) is 0 Å². The molecule has 21 heavy (non-hydrogen) atoms. The van der Waals surface area contributed by atoms with Crippen molar-refractivity contribution in [3.05, 3.63) is 46.3 Å². The Morgan fingerprint density at radius 3 is 2.24 bits per heavy atom. The Morgan fingerprint density at radius 1 is 1.19 bits per heavy atom. The van der Waals surface area contributed by atoms with Crippen molar-refractivity contribution in [1.82, 2.24) is 0 Å². The second-order valence-corrected chi connectivity index (χ2v) is 4.41. The van der Waals surface area contributed by atoms with E-state index in [4.69, 9.17) is 21.1 Å². The summed E-state index contributed by atoms with van der Waals surface area (Å²) in [6, 6.07) is 3.91. The summed E-state index contributed by atoms with van der Waals surface area (Å²) in [5.41, 5.74) is 0.392. The van der Waals surface area contributed by atoms with Crippen molar-refractivity contribution in [3.63, 3.8) is 0 Å². The van der Waals surface area contributed by atoms with Gasteiger partial charge in [-0.25, -0.2) is 14.0 Å². The minimum Gasteiger partial charge on any atom is -0.462 e. The molecule has 0 unspecified atom stereocenters. The zero-order valence-electron chi connectivity index (χ0n) is 11.8. The van der Waals surface area contributed by atoms with Crippen LogP contribution in [0.15, 0.2) is 29.8 Å². The van der Waals surface area contributed by atoms with Crippen LogP contribution in [-0.4, -0.2) is 25.2 Å². The molecule has 0 aliphatic rings. The monoisotopic (exact) mass is 314 g/mol. The number of allylic oxidation sites excluding steroid dienone is 1. The van der Waals surface area contributed by atoms with E-state index in [9.17, 15) is 14.0 Å². The molecule has 0 heterocycles. The molecule has 0 saturated heterocycles. The lowest BCUT2D eigenvalue weighted by Gasteiger charge is -2.07. The number of rotatable bonds is 6. The lowest BCUT2D eigenvalue weighted by molar-refractivity contribution is -0.146. The number of hydrogen-bond donors (Lipinski definition) is 0. The average Bonchev–Trinajstić information content (AvgIpc) is 2.41. The molecule has 0 radical (unpaired) electrons. The van der Waals surface area contributed by atoms with E-state index >= 15 is 0 Å². The first-order chi connectivity index (χ1) is 9.99. The molecule has 114 valence electrons. The van der Waals surface area contributed by atoms with Crippen molar-refractivity contribution in [2.45, 2.75) is 20.3 Å². The molecule has 0 atom stereocenters. The summed E-state index contributed by atoms with van der Waals surface area (Å²) in [6.45, 7) is 3.56. The quantitative estimate of drug-likeness (QED) is 0.350. The maximum absolute atomic E-state index is 13.0. The molecule has 0 aliphatic heterocycles. The van der Waals surface area contributed by atoms with E-state index in [2.05, 4.69) is 0 Å². The zero-order chi connectivity index (χ0) is 15.8. The summed E-state index contributed by atoms with van der Waals surface area (Å²) >= 11 is 5.89. The van der Waals surface area contributed by atoms with Crippen LogP contribution < -0.4 is 0 Å². The Morgan fingerprint density at radius 2 is 1.76 bits per heavy atom. The fourth-order valence-electron chi connectivity index (χ4n) is 1.57. The van der Waals surface area contributed by atoms with Crippen LogP contribution in [0.5, 0.6) is 0 Å². The molecule has 1 rings (SSSR count). The van der Waals surface area contributed by atoms with Gasteiger partial charge in [-0.05, 0) is 38.0 Å². The van der Waals surface area contributed by atoms with Gasteiger partial charge in [0.1, 0.15) is 11.4 Å². The van der Waals surface area contributed by atoms with Gasteiger partial charge in [0.05, 0.1) is 13.2 Å². The molecule has 0 bridgehead atoms. The molecule has 0 aliphatic carbocycles. The van der Waals surface area contributed by atoms with E-state index in [0.29, 0.717) is 5.56 Å². The highest BCUT2D eigenvalue weighted by Gasteiger charge is 2.20. The van der Waals surface area contributed by atoms with Crippen LogP contribution in [0.1, 0.15) is 19.4 Å². The minimum atomic E-state index is -0.755. The first-order valence-corrected chi connectivity index (χ1v) is 6.85. The van der Waals surface area contributed by atoms with Crippen molar-refractivity contribution in [1.29, 1.82) is 0 Å². The van der Waals surface area contributed by atoms with Gasteiger partial charge >= 0.3 is 11.9 Å². The number of hydrogen-bond acceptors (Lipinski definition) is 4. The van der Waals surface area contributed by atoms with Crippen LogP contribution in [0.2, 0.25) is 5.02 Å². The maximum Gasteiger partial charge on any atom is 0.345 e. The van der Waals surface area contributed by atoms with Gasteiger partial charge in [-0.2, -0.15) is 0 Å². The number of esters is 2. The van der Waals surface area contributed by atoms with Gasteiger partial charge < -0.3 is 9.47 Å². The van der Waals surface area contributed by atoms with Gasteiger partial charge in [-0.3, -0.25) is 0 Å². The molecule has 6 heteroatoms. The van der Waals surface area contributed by atoms with Gasteiger partial charge in [0.25, 0.3) is 0 Å². The first-order valence-electron chi connectivity index (χ1n) is 6.47. The highest BCUT2D eigenvalue weighted by atomic mass is 35.5. The predicted molar refractivity (Wildman–Crippen MR) is 76.5 cm³/mol. The molecular formula is C15H16ClFO4. The van der Waals surface area contributed by atoms with Crippen LogP contribution in [0, 0.1) is 5.82 Å². The number of halogens is 2. The first kappa shape index (κ1) is 17.2. The highest BCUT2D eigenvalue weighted by Crippen LogP contribution is 2.19. The molecule has 0 N–H and O–H groups in total. The van der Waals surface area contributed by atoms with E-state index in [-0.39, 0.29) is 30.2 Å². The fraction of sp³-hybridized carbons (Fsp3) is 0.333. The van der Waals surface area contributed by atoms with Crippen molar-refractivity contribution >= 4 is 23.5 Å². The van der Waals surface area contributed by atoms with E-state index in [1.807, 2.05) is 0 Å². The number of carbonyl (C=O) groups excluding carboxylic acids is 2. The lowest BCUT2D eigenvalue weighted by Crippen LogP contribution is -2.18. The molecule has 1 aromatic rings. The van der Waals surface area contributed by atoms with Gasteiger partial charge in [-0.1, -0.05) is 23.7 Å². The number of benzene rings is 1. The molecular weight excluding hydrogens is 299 g/mol. The third-order valence-electron chi connectivity index (χ3n) is 2.53. The normalized spacial score (nSPS) is 9.90. The Kier molecular flexibility index (Phi) is 6.88. The Balaban J connectivity index is 2.96. The summed E-state index contributed by atoms with van der Waals surface area (Å²) in [5.74, 6) is -1.97. The van der Waals surface area contributed by atoms with Crippen LogP contribution in [0.3, 0.4) is 0 Å². The van der Waals surface area contributed by atoms with E-state index in [1.165, 1.54) is 24.3 Å². The summed E-state index contributed by atoms with van der Waals surface area (Å²) in [6.07, 6.45) is 1.56. The second-order valence-electron chi connectivity index (χ2n) is 4.00. The van der Waals surface area contributed by atoms with Crippen molar-refractivity contribution in [2.75, 3.05) is 13.2 Å². The lowest BCUT2D eigenvalue weighted by atomic mass is 10.1. The molecule has 1 aromatic carbocycles. The van der Waals surface area contributed by atoms with Crippen LogP contribution >= 0.6 is 11.6 Å². The summed E-state index contributed by atoms with van der Waals surface area (Å²) in [4.78, 5) is 23.5. The minimum absolute atomic E-state index is 0.146. The van der Waals surface area contributed by atoms with Crippen LogP contribution in [0.4, 0.5) is 4.39 Å². The molecule has 0 spiro atoms. The van der Waals surface area contributed by atoms with Crippen molar-refractivity contribution < 1.29 is 23.5 Å². The van der Waals surface area contributed by atoms with Crippen molar-refractivity contribution in [3.8, 4) is 0 Å². The second kappa shape index (κ2) is 8.42. The number of ether oxygens (including phenoxy) is 2. The topological polar surface area (TPSA) is 52.6 Å². The number of carbonyl (C=O) groups is 2. The summed E-state index contributed by atoms with van der Waals surface area (Å²) < 4.78 is 22.6. The third kappa shape index (κ3) is 5.19. The molecule has 0 aromatic heterocycles. The smallest absolute Gasteiger partial charge is 0.345 e. The van der Waals surface area contributed by atoms with Gasteiger partial charge in [-0.15, -0.1) is 0 Å². The maximum atomic E-state index is 13.0. The molecule has 0 amide bonds. The third-order valence-corrected chi connectivity index (χ3v) is 2.88. The Labute approximate surface area is 127 Å². The standard InChI is InChI=1S/C15H16ClFO4/c1-3-20-14(18)12(15(19)21-4-2)8-6-10-5-7-11(17)9-13(10)16/h5,7-9H,3-4,6H2,1-2H3. The Hall–Kier alpha value is -1.88. The van der Waals surface area contributed by atoms with Crippen LogP contribution in [-0.2, 0) is 25.5 Å². The van der Waals surface area contributed by atoms with E-state index in [0.717, 1.165) is 0 Å². The largest absolute Gasteiger partial charge is 0.462 e. The van der Waals surface area contributed by atoms with Gasteiger partial charge in [0, 0.05) is 5.02 Å². The van der Waals surface area contributed by atoms with Crippen LogP contribution in [0.25, 0.3) is 0 Å². The summed E-state index contributed by atoms with van der Waals surface area (Å²) in [5, 5.41) is 0.221. The predicted octanol–water partition coefficient (Wildman–Crippen LogP) is 3.07.